The molecule has 61 heavy (non-hydrogen) atoms. The molecule has 9 aromatic carbocycles. The number of rotatable bonds is 6. The molecular weight excluding hydrogens is 745 g/mol. The molecule has 1 aromatic heterocycles. The zero-order valence-corrected chi connectivity index (χ0v) is 33.0. The molecule has 0 fully saturated rings. The average Bonchev–Trinajstić information content (AvgIpc) is 3.65. The predicted molar refractivity (Wildman–Crippen MR) is 245 cm³/mol. The topological polar surface area (TPSA) is 44.2 Å². The van der Waals surface area contributed by atoms with Crippen molar-refractivity contribution in [2.24, 2.45) is 0 Å². The fraction of sp³-hybridized carbons (Fsp3) is 0.0175. The summed E-state index contributed by atoms with van der Waals surface area (Å²) in [4.78, 5) is 10.2. The second kappa shape index (κ2) is 14.0. The van der Waals surface area contributed by atoms with Crippen LogP contribution in [-0.4, -0.2) is 9.97 Å². The Hall–Kier alpha value is -8.08. The van der Waals surface area contributed by atoms with Gasteiger partial charge in [0.1, 0.15) is 0 Å². The number of benzene rings is 9. The van der Waals surface area contributed by atoms with Crippen LogP contribution >= 0.6 is 0 Å². The van der Waals surface area contributed by atoms with Gasteiger partial charge in [-0.15, -0.1) is 0 Å². The van der Waals surface area contributed by atoms with Crippen LogP contribution in [0.1, 0.15) is 22.3 Å². The lowest BCUT2D eigenvalue weighted by Crippen LogP contribution is -2.28. The van der Waals surface area contributed by atoms with Crippen LogP contribution < -0.4 is 9.47 Å². The van der Waals surface area contributed by atoms with Crippen LogP contribution in [0.4, 0.5) is 0 Å². The summed E-state index contributed by atoms with van der Waals surface area (Å²) in [5.74, 6) is 3.50. The van der Waals surface area contributed by atoms with E-state index in [-0.39, 0.29) is 0 Å². The third-order valence-corrected chi connectivity index (χ3v) is 12.3. The van der Waals surface area contributed by atoms with Crippen LogP contribution in [0.25, 0.3) is 66.9 Å². The number of aromatic nitrogens is 2. The maximum Gasteiger partial charge on any atom is 0.178 e. The molecule has 0 atom stereocenters. The lowest BCUT2D eigenvalue weighted by molar-refractivity contribution is 0.360. The summed E-state index contributed by atoms with van der Waals surface area (Å²) >= 11 is 0. The van der Waals surface area contributed by atoms with Crippen LogP contribution in [0.5, 0.6) is 23.0 Å². The van der Waals surface area contributed by atoms with Gasteiger partial charge >= 0.3 is 0 Å². The van der Waals surface area contributed by atoms with Gasteiger partial charge in [0.05, 0.1) is 16.8 Å². The van der Waals surface area contributed by atoms with Crippen molar-refractivity contribution in [3.8, 4) is 79.2 Å². The molecule has 0 radical (unpaired) electrons. The summed E-state index contributed by atoms with van der Waals surface area (Å²) in [6, 6.07) is 76.5. The summed E-state index contributed by atoms with van der Waals surface area (Å²) < 4.78 is 13.6. The Labute approximate surface area is 354 Å². The minimum atomic E-state index is -0.518. The zero-order valence-electron chi connectivity index (χ0n) is 33.0. The van der Waals surface area contributed by atoms with Crippen molar-refractivity contribution in [2.75, 3.05) is 0 Å². The Bertz CT molecular complexity index is 3250. The first-order chi connectivity index (χ1) is 30.2. The summed E-state index contributed by atoms with van der Waals surface area (Å²) in [5.41, 5.74) is 13.4. The van der Waals surface area contributed by atoms with E-state index in [0.717, 1.165) is 61.5 Å². The molecule has 0 saturated carbocycles. The van der Waals surface area contributed by atoms with Gasteiger partial charge in [-0.25, -0.2) is 9.97 Å². The minimum absolute atomic E-state index is 0.518. The van der Waals surface area contributed by atoms with Crippen LogP contribution in [0, 0.1) is 0 Å². The number of nitrogens with zero attached hydrogens (tertiary/aromatic N) is 2. The van der Waals surface area contributed by atoms with E-state index in [9.17, 15) is 0 Å². The van der Waals surface area contributed by atoms with Crippen molar-refractivity contribution in [3.05, 3.63) is 241 Å². The first-order valence-electron chi connectivity index (χ1n) is 20.6. The van der Waals surface area contributed by atoms with Crippen molar-refractivity contribution in [1.82, 2.24) is 9.97 Å². The van der Waals surface area contributed by atoms with Crippen molar-refractivity contribution in [1.29, 1.82) is 0 Å². The van der Waals surface area contributed by atoms with Gasteiger partial charge in [-0.1, -0.05) is 194 Å². The molecule has 0 N–H and O–H groups in total. The molecule has 0 saturated heterocycles. The lowest BCUT2D eigenvalue weighted by Gasteiger charge is -2.34. The lowest BCUT2D eigenvalue weighted by atomic mass is 9.68. The molecule has 286 valence electrons. The second-order valence-electron chi connectivity index (χ2n) is 15.6. The summed E-state index contributed by atoms with van der Waals surface area (Å²) in [6.07, 6.45) is 0. The molecule has 10 aromatic rings. The highest BCUT2D eigenvalue weighted by Crippen LogP contribution is 2.62. The Balaban J connectivity index is 0.904. The van der Waals surface area contributed by atoms with Crippen LogP contribution in [-0.2, 0) is 5.41 Å². The van der Waals surface area contributed by atoms with Crippen molar-refractivity contribution >= 4 is 10.8 Å². The third-order valence-electron chi connectivity index (χ3n) is 12.3. The molecule has 4 nitrogen and oxygen atoms in total. The maximum atomic E-state index is 6.89. The molecule has 0 unspecified atom stereocenters. The molecular formula is C57H36N2O2. The summed E-state index contributed by atoms with van der Waals surface area (Å²) in [7, 11) is 0. The summed E-state index contributed by atoms with van der Waals surface area (Å²) in [5, 5.41) is 2.34. The number of hydrogen-bond donors (Lipinski definition) is 0. The number of hydrogen-bond acceptors (Lipinski definition) is 4. The Morgan fingerprint density at radius 3 is 1.75 bits per heavy atom. The number of ether oxygens (including phenoxy) is 2. The molecule has 1 aliphatic carbocycles. The molecule has 2 heterocycles. The standard InChI is InChI=1S/C57H36N2O2/c1-4-16-40(17-5-1)56-58-49(36-50(59-56)45-25-14-18-38-15-10-11-23-44(38)45)39-29-27-37(28-30-39)41-31-33-51-53(35-41)60-52-34-32-48-54(55(52)61-51)46-24-12-13-26-47(46)57(48,42-19-6-2-7-20-42)43-21-8-3-9-22-43/h1-36H. The van der Waals surface area contributed by atoms with Gasteiger partial charge < -0.3 is 9.47 Å². The van der Waals surface area contributed by atoms with E-state index < -0.39 is 5.41 Å². The van der Waals surface area contributed by atoms with Gasteiger partial charge in [0, 0.05) is 22.3 Å². The fourth-order valence-corrected chi connectivity index (χ4v) is 9.48. The smallest absolute Gasteiger partial charge is 0.178 e. The molecule has 0 bridgehead atoms. The van der Waals surface area contributed by atoms with Gasteiger partial charge in [0.15, 0.2) is 28.8 Å². The summed E-state index contributed by atoms with van der Waals surface area (Å²) in [6.45, 7) is 0. The molecule has 4 heteroatoms. The monoisotopic (exact) mass is 780 g/mol. The molecule has 0 amide bonds. The van der Waals surface area contributed by atoms with E-state index >= 15 is 0 Å². The molecule has 2 aliphatic rings. The second-order valence-corrected chi connectivity index (χ2v) is 15.6. The van der Waals surface area contributed by atoms with Gasteiger partial charge in [-0.2, -0.15) is 0 Å². The third kappa shape index (κ3) is 5.61. The fourth-order valence-electron chi connectivity index (χ4n) is 9.48. The minimum Gasteiger partial charge on any atom is -0.449 e. The van der Waals surface area contributed by atoms with E-state index in [1.165, 1.54) is 27.6 Å². The first kappa shape index (κ1) is 34.9. The van der Waals surface area contributed by atoms with E-state index in [4.69, 9.17) is 19.4 Å². The Kier molecular flexibility index (Phi) is 8.04. The van der Waals surface area contributed by atoms with Crippen molar-refractivity contribution in [2.45, 2.75) is 5.41 Å². The van der Waals surface area contributed by atoms with Gasteiger partial charge in [-0.3, -0.25) is 0 Å². The Morgan fingerprint density at radius 1 is 0.361 bits per heavy atom. The molecule has 0 spiro atoms. The van der Waals surface area contributed by atoms with E-state index in [1.54, 1.807) is 0 Å². The van der Waals surface area contributed by atoms with E-state index in [0.29, 0.717) is 23.1 Å². The largest absolute Gasteiger partial charge is 0.449 e. The van der Waals surface area contributed by atoms with Gasteiger partial charge in [0.2, 0.25) is 0 Å². The van der Waals surface area contributed by atoms with Crippen molar-refractivity contribution in [3.63, 3.8) is 0 Å². The predicted octanol–water partition coefficient (Wildman–Crippen LogP) is 14.6. The van der Waals surface area contributed by atoms with E-state index in [1.807, 2.05) is 24.3 Å². The first-order valence-corrected chi connectivity index (χ1v) is 20.6. The SMILES string of the molecule is c1ccc(-c2nc(-c3ccc(-c4ccc5c(c4)Oc4ccc6c(c4O5)-c4ccccc4C6(c4ccccc4)c4ccccc4)cc3)cc(-c3cccc4ccccc34)n2)cc1. The zero-order chi connectivity index (χ0) is 40.3. The normalized spacial score (nSPS) is 13.0. The van der Waals surface area contributed by atoms with Crippen LogP contribution in [0.15, 0.2) is 218 Å². The van der Waals surface area contributed by atoms with Gasteiger partial charge in [0.25, 0.3) is 0 Å². The van der Waals surface area contributed by atoms with Crippen molar-refractivity contribution < 1.29 is 9.47 Å². The van der Waals surface area contributed by atoms with Crippen LogP contribution in [0.2, 0.25) is 0 Å². The quantitative estimate of drug-likeness (QED) is 0.169. The average molecular weight is 781 g/mol. The van der Waals surface area contributed by atoms with Crippen LogP contribution in [0.3, 0.4) is 0 Å². The van der Waals surface area contributed by atoms with E-state index in [2.05, 4.69) is 194 Å². The molecule has 1 aliphatic heterocycles. The Morgan fingerprint density at radius 2 is 0.967 bits per heavy atom. The highest BCUT2D eigenvalue weighted by atomic mass is 16.6. The molecule has 12 rings (SSSR count). The van der Waals surface area contributed by atoms with Gasteiger partial charge in [-0.05, 0) is 74.0 Å². The number of fused-ring (bicyclic) bond motifs is 7. The highest BCUT2D eigenvalue weighted by molar-refractivity contribution is 5.97. The highest BCUT2D eigenvalue weighted by Gasteiger charge is 2.48. The maximum absolute atomic E-state index is 6.89.